The summed E-state index contributed by atoms with van der Waals surface area (Å²) in [6.45, 7) is 2.13. The molecule has 0 saturated carbocycles. The quantitative estimate of drug-likeness (QED) is 0.891. The summed E-state index contributed by atoms with van der Waals surface area (Å²) in [6.07, 6.45) is 0.848. The third kappa shape index (κ3) is 3.71. The van der Waals surface area contributed by atoms with Gasteiger partial charge in [-0.25, -0.2) is 0 Å². The Bertz CT molecular complexity index is 657. The highest BCUT2D eigenvalue weighted by Gasteiger charge is 2.31. The summed E-state index contributed by atoms with van der Waals surface area (Å²) >= 11 is 0. The van der Waals surface area contributed by atoms with Crippen molar-refractivity contribution in [3.63, 3.8) is 0 Å². The van der Waals surface area contributed by atoms with Gasteiger partial charge in [0.25, 0.3) is 0 Å². The average molecular weight is 310 g/mol. The lowest BCUT2D eigenvalue weighted by Crippen LogP contribution is -2.37. The van der Waals surface area contributed by atoms with Gasteiger partial charge >= 0.3 is 0 Å². The third-order valence-electron chi connectivity index (χ3n) is 4.25. The smallest absolute Gasteiger partial charge is 0.240 e. The molecule has 1 saturated heterocycles. The molecular weight excluding hydrogens is 288 g/mol. The van der Waals surface area contributed by atoms with Crippen LogP contribution in [0.4, 0.5) is 0 Å². The highest BCUT2D eigenvalue weighted by Crippen LogP contribution is 2.19. The summed E-state index contributed by atoms with van der Waals surface area (Å²) in [4.78, 5) is 14.4. The highest BCUT2D eigenvalue weighted by atomic mass is 16.5. The summed E-state index contributed by atoms with van der Waals surface area (Å²) in [5.74, 6) is 1.04. The lowest BCUT2D eigenvalue weighted by molar-refractivity contribution is -0.129. The average Bonchev–Trinajstić information content (AvgIpc) is 2.94. The number of methoxy groups -OCH3 is 1. The van der Waals surface area contributed by atoms with E-state index in [1.54, 1.807) is 7.11 Å². The minimum atomic E-state index is -0.108. The number of para-hydroxylation sites is 1. The standard InChI is InChI=1S/C19H22N2O2/c1-23-18-10-6-5-9-16(18)13-20-17-11-12-21(19(17)22)14-15-7-3-2-4-8-15/h2-10,17,20H,11-14H2,1H3. The van der Waals surface area contributed by atoms with Crippen LogP contribution in [0.15, 0.2) is 54.6 Å². The molecule has 0 bridgehead atoms. The number of benzene rings is 2. The normalized spacial score (nSPS) is 17.5. The molecule has 0 radical (unpaired) electrons. The van der Waals surface area contributed by atoms with Gasteiger partial charge in [0.05, 0.1) is 13.2 Å². The van der Waals surface area contributed by atoms with E-state index < -0.39 is 0 Å². The summed E-state index contributed by atoms with van der Waals surface area (Å²) in [7, 11) is 1.67. The van der Waals surface area contributed by atoms with Gasteiger partial charge in [-0.3, -0.25) is 4.79 Å². The first-order chi connectivity index (χ1) is 11.3. The van der Waals surface area contributed by atoms with E-state index in [-0.39, 0.29) is 11.9 Å². The van der Waals surface area contributed by atoms with Crippen molar-refractivity contribution in [2.24, 2.45) is 0 Å². The first-order valence-corrected chi connectivity index (χ1v) is 7.96. The maximum Gasteiger partial charge on any atom is 0.240 e. The molecule has 3 rings (SSSR count). The molecular formula is C19H22N2O2. The molecule has 1 aliphatic heterocycles. The van der Waals surface area contributed by atoms with Crippen LogP contribution < -0.4 is 10.1 Å². The van der Waals surface area contributed by atoms with Crippen LogP contribution in [0, 0.1) is 0 Å². The van der Waals surface area contributed by atoms with Gasteiger partial charge < -0.3 is 15.0 Å². The minimum Gasteiger partial charge on any atom is -0.496 e. The van der Waals surface area contributed by atoms with Crippen molar-refractivity contribution < 1.29 is 9.53 Å². The molecule has 2 aromatic carbocycles. The number of nitrogens with zero attached hydrogens (tertiary/aromatic N) is 1. The number of likely N-dealkylation sites (tertiary alicyclic amines) is 1. The third-order valence-corrected chi connectivity index (χ3v) is 4.25. The van der Waals surface area contributed by atoms with Gasteiger partial charge in [-0.2, -0.15) is 0 Å². The molecule has 23 heavy (non-hydrogen) atoms. The van der Waals surface area contributed by atoms with E-state index in [1.807, 2.05) is 47.4 Å². The zero-order chi connectivity index (χ0) is 16.1. The van der Waals surface area contributed by atoms with Crippen molar-refractivity contribution in [1.29, 1.82) is 0 Å². The second kappa shape index (κ2) is 7.29. The van der Waals surface area contributed by atoms with Gasteiger partial charge in [-0.1, -0.05) is 48.5 Å². The number of hydrogen-bond donors (Lipinski definition) is 1. The molecule has 2 aromatic rings. The van der Waals surface area contributed by atoms with Crippen LogP contribution in [-0.2, 0) is 17.9 Å². The molecule has 1 fully saturated rings. The Morgan fingerprint density at radius 2 is 1.87 bits per heavy atom. The van der Waals surface area contributed by atoms with E-state index in [2.05, 4.69) is 17.4 Å². The van der Waals surface area contributed by atoms with E-state index in [0.717, 1.165) is 24.3 Å². The molecule has 0 aromatic heterocycles. The van der Waals surface area contributed by atoms with Crippen LogP contribution in [-0.4, -0.2) is 30.5 Å². The number of carbonyl (C=O) groups excluding carboxylic acids is 1. The van der Waals surface area contributed by atoms with Crippen LogP contribution in [0.25, 0.3) is 0 Å². The second-order valence-electron chi connectivity index (χ2n) is 5.78. The SMILES string of the molecule is COc1ccccc1CNC1CCN(Cc2ccccc2)C1=O. The van der Waals surface area contributed by atoms with Crippen molar-refractivity contribution in [3.05, 3.63) is 65.7 Å². The van der Waals surface area contributed by atoms with Gasteiger partial charge in [0.15, 0.2) is 0 Å². The Morgan fingerprint density at radius 1 is 1.13 bits per heavy atom. The summed E-state index contributed by atoms with van der Waals surface area (Å²) in [6, 6.07) is 17.9. The molecule has 1 amide bonds. The summed E-state index contributed by atoms with van der Waals surface area (Å²) < 4.78 is 5.35. The topological polar surface area (TPSA) is 41.6 Å². The van der Waals surface area contributed by atoms with Gasteiger partial charge in [-0.15, -0.1) is 0 Å². The lowest BCUT2D eigenvalue weighted by atomic mass is 10.1. The predicted molar refractivity (Wildman–Crippen MR) is 90.1 cm³/mol. The van der Waals surface area contributed by atoms with Crippen molar-refractivity contribution in [2.45, 2.75) is 25.6 Å². The number of hydrogen-bond acceptors (Lipinski definition) is 3. The Hall–Kier alpha value is -2.33. The largest absolute Gasteiger partial charge is 0.496 e. The van der Waals surface area contributed by atoms with Crippen LogP contribution in [0.5, 0.6) is 5.75 Å². The highest BCUT2D eigenvalue weighted by molar-refractivity contribution is 5.84. The molecule has 4 nitrogen and oxygen atoms in total. The van der Waals surface area contributed by atoms with E-state index in [0.29, 0.717) is 13.1 Å². The molecule has 1 heterocycles. The first-order valence-electron chi connectivity index (χ1n) is 7.96. The molecule has 1 aliphatic rings. The summed E-state index contributed by atoms with van der Waals surface area (Å²) in [5.41, 5.74) is 2.25. The van der Waals surface area contributed by atoms with Crippen molar-refractivity contribution in [1.82, 2.24) is 10.2 Å². The molecule has 0 aliphatic carbocycles. The maximum atomic E-state index is 12.5. The van der Waals surface area contributed by atoms with Crippen LogP contribution in [0.1, 0.15) is 17.5 Å². The van der Waals surface area contributed by atoms with Gasteiger partial charge in [0.2, 0.25) is 5.91 Å². The van der Waals surface area contributed by atoms with E-state index in [1.165, 1.54) is 5.56 Å². The van der Waals surface area contributed by atoms with Crippen LogP contribution in [0.3, 0.4) is 0 Å². The van der Waals surface area contributed by atoms with Crippen molar-refractivity contribution in [3.8, 4) is 5.75 Å². The van der Waals surface area contributed by atoms with Gasteiger partial charge in [0, 0.05) is 25.2 Å². The maximum absolute atomic E-state index is 12.5. The fraction of sp³-hybridized carbons (Fsp3) is 0.316. The molecule has 120 valence electrons. The molecule has 1 N–H and O–H groups in total. The zero-order valence-corrected chi connectivity index (χ0v) is 13.4. The molecule has 1 unspecified atom stereocenters. The molecule has 4 heteroatoms. The number of amides is 1. The fourth-order valence-corrected chi connectivity index (χ4v) is 2.97. The Labute approximate surface area is 137 Å². The summed E-state index contributed by atoms with van der Waals surface area (Å²) in [5, 5.41) is 3.37. The number of rotatable bonds is 6. The first kappa shape index (κ1) is 15.6. The van der Waals surface area contributed by atoms with Crippen LogP contribution in [0.2, 0.25) is 0 Å². The van der Waals surface area contributed by atoms with E-state index >= 15 is 0 Å². The number of ether oxygens (including phenoxy) is 1. The zero-order valence-electron chi connectivity index (χ0n) is 13.4. The monoisotopic (exact) mass is 310 g/mol. The number of nitrogens with one attached hydrogen (secondary N) is 1. The molecule has 0 spiro atoms. The van der Waals surface area contributed by atoms with Gasteiger partial charge in [-0.05, 0) is 18.1 Å². The second-order valence-corrected chi connectivity index (χ2v) is 5.78. The Morgan fingerprint density at radius 3 is 2.65 bits per heavy atom. The number of carbonyl (C=O) groups is 1. The predicted octanol–water partition coefficient (Wildman–Crippen LogP) is 2.59. The Balaban J connectivity index is 1.57. The Kier molecular flexibility index (Phi) is 4.93. The van der Waals surface area contributed by atoms with Crippen molar-refractivity contribution in [2.75, 3.05) is 13.7 Å². The van der Waals surface area contributed by atoms with E-state index in [9.17, 15) is 4.79 Å². The fourth-order valence-electron chi connectivity index (χ4n) is 2.97. The minimum absolute atomic E-state index is 0.108. The van der Waals surface area contributed by atoms with Gasteiger partial charge in [0.1, 0.15) is 5.75 Å². The molecule has 1 atom stereocenters. The van der Waals surface area contributed by atoms with Crippen LogP contribution >= 0.6 is 0 Å². The van der Waals surface area contributed by atoms with Crippen molar-refractivity contribution >= 4 is 5.91 Å². The lowest BCUT2D eigenvalue weighted by Gasteiger charge is -2.17. The van der Waals surface area contributed by atoms with E-state index in [4.69, 9.17) is 4.74 Å².